The lowest BCUT2D eigenvalue weighted by atomic mass is 9.72. The monoisotopic (exact) mass is 321 g/mol. The van der Waals surface area contributed by atoms with E-state index in [9.17, 15) is 4.79 Å². The van der Waals surface area contributed by atoms with Crippen LogP contribution in [0.1, 0.15) is 59.9 Å². The molecule has 124 valence electrons. The second kappa shape index (κ2) is 6.23. The number of esters is 1. The van der Waals surface area contributed by atoms with E-state index < -0.39 is 0 Å². The van der Waals surface area contributed by atoms with E-state index in [-0.39, 0.29) is 11.4 Å². The molecule has 1 heterocycles. The van der Waals surface area contributed by atoms with Gasteiger partial charge in [0.2, 0.25) is 0 Å². The zero-order valence-corrected chi connectivity index (χ0v) is 14.7. The van der Waals surface area contributed by atoms with Gasteiger partial charge in [0, 0.05) is 17.5 Å². The Hall–Kier alpha value is -2.42. The molecule has 0 saturated heterocycles. The Morgan fingerprint density at radius 3 is 2.71 bits per heavy atom. The topological polar surface area (TPSA) is 39.2 Å². The van der Waals surface area contributed by atoms with Crippen LogP contribution in [0.25, 0.3) is 5.57 Å². The summed E-state index contributed by atoms with van der Waals surface area (Å²) in [4.78, 5) is 16.5. The lowest BCUT2D eigenvalue weighted by Crippen LogP contribution is -2.22. The fourth-order valence-electron chi connectivity index (χ4n) is 3.18. The number of pyridine rings is 1. The number of aryl methyl sites for hydroxylation is 1. The standard InChI is InChI=1S/C21H23NO2/c1-5-24-20(23)15-8-9-19-18(12-15)17(10-11-21(19,3)4)16-7-6-14(2)22-13-16/h6-10,12-13H,5,11H2,1-4H3. The molecule has 0 N–H and O–H groups in total. The molecule has 0 amide bonds. The summed E-state index contributed by atoms with van der Waals surface area (Å²) in [5.41, 5.74) is 6.22. The van der Waals surface area contributed by atoms with Crippen molar-refractivity contribution in [1.29, 1.82) is 0 Å². The average molecular weight is 321 g/mol. The van der Waals surface area contributed by atoms with E-state index in [4.69, 9.17) is 4.74 Å². The highest BCUT2D eigenvalue weighted by atomic mass is 16.5. The van der Waals surface area contributed by atoms with Crippen molar-refractivity contribution < 1.29 is 9.53 Å². The van der Waals surface area contributed by atoms with Gasteiger partial charge in [-0.05, 0) is 60.6 Å². The fourth-order valence-corrected chi connectivity index (χ4v) is 3.18. The molecule has 0 radical (unpaired) electrons. The first-order valence-corrected chi connectivity index (χ1v) is 8.37. The second-order valence-electron chi connectivity index (χ2n) is 6.87. The van der Waals surface area contributed by atoms with Crippen molar-refractivity contribution in [3.63, 3.8) is 0 Å². The Labute approximate surface area is 143 Å². The van der Waals surface area contributed by atoms with Crippen LogP contribution in [0.15, 0.2) is 42.6 Å². The van der Waals surface area contributed by atoms with Gasteiger partial charge < -0.3 is 4.74 Å². The number of benzene rings is 1. The number of hydrogen-bond acceptors (Lipinski definition) is 3. The van der Waals surface area contributed by atoms with Crippen LogP contribution in [0.4, 0.5) is 0 Å². The molecule has 3 nitrogen and oxygen atoms in total. The number of ether oxygens (including phenoxy) is 1. The molecule has 0 unspecified atom stereocenters. The van der Waals surface area contributed by atoms with E-state index in [1.807, 2.05) is 38.2 Å². The Morgan fingerprint density at radius 1 is 1.25 bits per heavy atom. The zero-order valence-electron chi connectivity index (χ0n) is 14.7. The van der Waals surface area contributed by atoms with E-state index >= 15 is 0 Å². The predicted octanol–water partition coefficient (Wildman–Crippen LogP) is 4.68. The van der Waals surface area contributed by atoms with Crippen molar-refractivity contribution in [3.8, 4) is 0 Å². The van der Waals surface area contributed by atoms with E-state index in [1.54, 1.807) is 0 Å². The average Bonchev–Trinajstić information content (AvgIpc) is 2.56. The third kappa shape index (κ3) is 2.99. The molecule has 0 aliphatic heterocycles. The van der Waals surface area contributed by atoms with Crippen molar-refractivity contribution in [1.82, 2.24) is 4.98 Å². The summed E-state index contributed by atoms with van der Waals surface area (Å²) >= 11 is 0. The number of carbonyl (C=O) groups excluding carboxylic acids is 1. The largest absolute Gasteiger partial charge is 0.462 e. The number of fused-ring (bicyclic) bond motifs is 1. The van der Waals surface area contributed by atoms with Gasteiger partial charge in [-0.2, -0.15) is 0 Å². The van der Waals surface area contributed by atoms with Crippen molar-refractivity contribution in [2.24, 2.45) is 0 Å². The van der Waals surface area contributed by atoms with E-state index in [2.05, 4.69) is 37.0 Å². The summed E-state index contributed by atoms with van der Waals surface area (Å²) in [6.07, 6.45) is 5.12. The van der Waals surface area contributed by atoms with Crippen LogP contribution < -0.4 is 0 Å². The molecular weight excluding hydrogens is 298 g/mol. The van der Waals surface area contributed by atoms with Crippen molar-refractivity contribution in [2.45, 2.75) is 39.5 Å². The second-order valence-corrected chi connectivity index (χ2v) is 6.87. The first-order valence-electron chi connectivity index (χ1n) is 8.37. The van der Waals surface area contributed by atoms with Gasteiger partial charge in [-0.3, -0.25) is 4.98 Å². The lowest BCUT2D eigenvalue weighted by Gasteiger charge is -2.32. The summed E-state index contributed by atoms with van der Waals surface area (Å²) in [6.45, 7) is 8.65. The molecule has 0 spiro atoms. The molecule has 1 aliphatic rings. The third-order valence-electron chi connectivity index (χ3n) is 4.59. The normalized spacial score (nSPS) is 15.4. The third-order valence-corrected chi connectivity index (χ3v) is 4.59. The van der Waals surface area contributed by atoms with Crippen molar-refractivity contribution in [3.05, 3.63) is 70.6 Å². The van der Waals surface area contributed by atoms with Gasteiger partial charge >= 0.3 is 5.97 Å². The van der Waals surface area contributed by atoms with Gasteiger partial charge in [0.25, 0.3) is 0 Å². The Kier molecular flexibility index (Phi) is 4.27. The Morgan fingerprint density at radius 2 is 2.04 bits per heavy atom. The summed E-state index contributed by atoms with van der Waals surface area (Å²) in [7, 11) is 0. The number of nitrogens with zero attached hydrogens (tertiary/aromatic N) is 1. The molecule has 0 fully saturated rings. The van der Waals surface area contributed by atoms with Crippen LogP contribution in [-0.4, -0.2) is 17.6 Å². The van der Waals surface area contributed by atoms with Crippen LogP contribution in [0.2, 0.25) is 0 Å². The van der Waals surface area contributed by atoms with Crippen LogP contribution in [-0.2, 0) is 10.2 Å². The maximum atomic E-state index is 12.1. The van der Waals surface area contributed by atoms with Gasteiger partial charge in [-0.15, -0.1) is 0 Å². The van der Waals surface area contributed by atoms with E-state index in [0.29, 0.717) is 12.2 Å². The van der Waals surface area contributed by atoms with Gasteiger partial charge in [-0.25, -0.2) is 4.79 Å². The number of aromatic nitrogens is 1. The fraction of sp³-hybridized carbons (Fsp3) is 0.333. The summed E-state index contributed by atoms with van der Waals surface area (Å²) in [5, 5.41) is 0. The van der Waals surface area contributed by atoms with E-state index in [0.717, 1.165) is 28.8 Å². The van der Waals surface area contributed by atoms with Crippen molar-refractivity contribution >= 4 is 11.5 Å². The molecule has 0 atom stereocenters. The number of hydrogen-bond donors (Lipinski definition) is 0. The molecule has 0 saturated carbocycles. The molecule has 0 bridgehead atoms. The Balaban J connectivity index is 2.12. The van der Waals surface area contributed by atoms with Gasteiger partial charge in [0.15, 0.2) is 0 Å². The van der Waals surface area contributed by atoms with E-state index in [1.165, 1.54) is 5.56 Å². The van der Waals surface area contributed by atoms with Gasteiger partial charge in [-0.1, -0.05) is 32.1 Å². The van der Waals surface area contributed by atoms with Crippen LogP contribution in [0.5, 0.6) is 0 Å². The first kappa shape index (κ1) is 16.4. The minimum absolute atomic E-state index is 0.0458. The minimum Gasteiger partial charge on any atom is -0.462 e. The first-order chi connectivity index (χ1) is 11.4. The molecule has 1 aromatic carbocycles. The summed E-state index contributed by atoms with van der Waals surface area (Å²) < 4.78 is 5.16. The SMILES string of the molecule is CCOC(=O)c1ccc2c(c1)C(c1ccc(C)nc1)=CCC2(C)C. The number of allylic oxidation sites excluding steroid dienone is 1. The van der Waals surface area contributed by atoms with Crippen LogP contribution >= 0.6 is 0 Å². The highest BCUT2D eigenvalue weighted by molar-refractivity contribution is 5.93. The molecular formula is C21H23NO2. The van der Waals surface area contributed by atoms with Crippen molar-refractivity contribution in [2.75, 3.05) is 6.61 Å². The van der Waals surface area contributed by atoms with Gasteiger partial charge in [0.1, 0.15) is 0 Å². The quantitative estimate of drug-likeness (QED) is 0.771. The molecule has 24 heavy (non-hydrogen) atoms. The maximum absolute atomic E-state index is 12.1. The predicted molar refractivity (Wildman–Crippen MR) is 96.1 cm³/mol. The lowest BCUT2D eigenvalue weighted by molar-refractivity contribution is 0.0526. The van der Waals surface area contributed by atoms with Gasteiger partial charge in [0.05, 0.1) is 12.2 Å². The molecule has 3 heteroatoms. The minimum atomic E-state index is -0.273. The maximum Gasteiger partial charge on any atom is 0.338 e. The summed E-state index contributed by atoms with van der Waals surface area (Å²) in [5.74, 6) is -0.273. The highest BCUT2D eigenvalue weighted by Crippen LogP contribution is 2.41. The number of rotatable bonds is 3. The summed E-state index contributed by atoms with van der Waals surface area (Å²) in [6, 6.07) is 10.0. The smallest absolute Gasteiger partial charge is 0.338 e. The zero-order chi connectivity index (χ0) is 17.3. The van der Waals surface area contributed by atoms with Crippen LogP contribution in [0, 0.1) is 6.92 Å². The Bertz CT molecular complexity index is 801. The molecule has 2 aromatic rings. The molecule has 1 aliphatic carbocycles. The van der Waals surface area contributed by atoms with Crippen LogP contribution in [0.3, 0.4) is 0 Å². The highest BCUT2D eigenvalue weighted by Gasteiger charge is 2.29. The molecule has 3 rings (SSSR count). The molecule has 1 aromatic heterocycles. The number of carbonyl (C=O) groups is 1.